The number of hydrogen-bond acceptors (Lipinski definition) is 2. The molecule has 1 amide bonds. The fraction of sp³-hybridized carbons (Fsp3) is 0.571. The van der Waals surface area contributed by atoms with Gasteiger partial charge in [0.1, 0.15) is 0 Å². The van der Waals surface area contributed by atoms with Gasteiger partial charge in [0.25, 0.3) is 0 Å². The largest absolute Gasteiger partial charge is 0.465 e. The van der Waals surface area contributed by atoms with Gasteiger partial charge >= 0.3 is 6.09 Å². The second kappa shape index (κ2) is 8.50. The van der Waals surface area contributed by atoms with Crippen molar-refractivity contribution < 1.29 is 9.90 Å². The van der Waals surface area contributed by atoms with Crippen molar-refractivity contribution in [1.29, 1.82) is 0 Å². The highest BCUT2D eigenvalue weighted by molar-refractivity contribution is 5.64. The summed E-state index contributed by atoms with van der Waals surface area (Å²) < 4.78 is 0. The molecule has 1 rings (SSSR count). The monoisotopic (exact) mass is 250 g/mol. The third kappa shape index (κ3) is 6.23. The molecule has 1 unspecified atom stereocenters. The van der Waals surface area contributed by atoms with Crippen LogP contribution in [0.2, 0.25) is 0 Å². The van der Waals surface area contributed by atoms with E-state index in [0.29, 0.717) is 0 Å². The summed E-state index contributed by atoms with van der Waals surface area (Å²) >= 11 is 0. The van der Waals surface area contributed by atoms with Crippen LogP contribution in [0.4, 0.5) is 4.79 Å². The molecule has 1 aromatic heterocycles. The zero-order valence-corrected chi connectivity index (χ0v) is 10.9. The van der Waals surface area contributed by atoms with E-state index in [1.807, 2.05) is 12.3 Å². The molecule has 0 saturated carbocycles. The van der Waals surface area contributed by atoms with E-state index in [4.69, 9.17) is 5.11 Å². The number of unbranched alkanes of at least 4 members (excludes halogenated alkanes) is 1. The Morgan fingerprint density at radius 1 is 1.44 bits per heavy atom. The maximum Gasteiger partial charge on any atom is 0.404 e. The SMILES string of the molecule is CCCCC(CCCc1cccnc1)NC(=O)O. The van der Waals surface area contributed by atoms with Gasteiger partial charge in [-0.2, -0.15) is 0 Å². The summed E-state index contributed by atoms with van der Waals surface area (Å²) in [5.74, 6) is 0. The van der Waals surface area contributed by atoms with Gasteiger partial charge in [-0.25, -0.2) is 4.79 Å². The van der Waals surface area contributed by atoms with Crippen molar-refractivity contribution in [2.24, 2.45) is 0 Å². The average molecular weight is 250 g/mol. The van der Waals surface area contributed by atoms with Crippen LogP contribution < -0.4 is 5.32 Å². The summed E-state index contributed by atoms with van der Waals surface area (Å²) in [6, 6.07) is 4.07. The van der Waals surface area contributed by atoms with E-state index in [1.165, 1.54) is 5.56 Å². The molecule has 4 nitrogen and oxygen atoms in total. The number of amides is 1. The Kier molecular flexibility index (Phi) is 6.84. The van der Waals surface area contributed by atoms with Gasteiger partial charge in [-0.15, -0.1) is 0 Å². The highest BCUT2D eigenvalue weighted by Gasteiger charge is 2.10. The highest BCUT2D eigenvalue weighted by atomic mass is 16.4. The maximum atomic E-state index is 10.7. The van der Waals surface area contributed by atoms with Gasteiger partial charge < -0.3 is 10.4 Å². The van der Waals surface area contributed by atoms with Crippen molar-refractivity contribution in [3.63, 3.8) is 0 Å². The number of pyridine rings is 1. The van der Waals surface area contributed by atoms with Crippen LogP contribution in [0.25, 0.3) is 0 Å². The van der Waals surface area contributed by atoms with Crippen LogP contribution >= 0.6 is 0 Å². The maximum absolute atomic E-state index is 10.7. The Bertz CT molecular complexity index is 341. The van der Waals surface area contributed by atoms with Crippen molar-refractivity contribution in [1.82, 2.24) is 10.3 Å². The van der Waals surface area contributed by atoms with Crippen LogP contribution in [0, 0.1) is 0 Å². The van der Waals surface area contributed by atoms with Gasteiger partial charge in [0.15, 0.2) is 0 Å². The molecule has 2 N–H and O–H groups in total. The second-order valence-corrected chi connectivity index (χ2v) is 4.54. The standard InChI is InChI=1S/C14H22N2O2/c1-2-3-8-13(16-14(17)18)9-4-6-12-7-5-10-15-11-12/h5,7,10-11,13,16H,2-4,6,8-9H2,1H3,(H,17,18). The minimum absolute atomic E-state index is 0.0825. The minimum atomic E-state index is -0.919. The molecular weight excluding hydrogens is 228 g/mol. The molecule has 0 aliphatic carbocycles. The van der Waals surface area contributed by atoms with Gasteiger partial charge in [0, 0.05) is 18.4 Å². The number of aryl methyl sites for hydroxylation is 1. The average Bonchev–Trinajstić information content (AvgIpc) is 2.36. The quantitative estimate of drug-likeness (QED) is 0.744. The normalized spacial score (nSPS) is 12.1. The third-order valence-corrected chi connectivity index (χ3v) is 2.97. The third-order valence-electron chi connectivity index (χ3n) is 2.97. The Labute approximate surface area is 108 Å². The van der Waals surface area contributed by atoms with Gasteiger partial charge in [-0.3, -0.25) is 4.98 Å². The predicted octanol–water partition coefficient (Wildman–Crippen LogP) is 3.23. The topological polar surface area (TPSA) is 62.2 Å². The molecule has 4 heteroatoms. The zero-order chi connectivity index (χ0) is 13.2. The molecule has 0 spiro atoms. The number of carbonyl (C=O) groups is 1. The van der Waals surface area contributed by atoms with E-state index >= 15 is 0 Å². The first kappa shape index (κ1) is 14.5. The van der Waals surface area contributed by atoms with Gasteiger partial charge in [-0.1, -0.05) is 25.8 Å². The molecule has 0 aliphatic rings. The van der Waals surface area contributed by atoms with Crippen LogP contribution in [0.15, 0.2) is 24.5 Å². The molecule has 1 atom stereocenters. The number of aromatic nitrogens is 1. The molecule has 1 aromatic rings. The lowest BCUT2D eigenvalue weighted by atomic mass is 10.0. The van der Waals surface area contributed by atoms with Crippen molar-refractivity contribution in [3.05, 3.63) is 30.1 Å². The molecular formula is C14H22N2O2. The van der Waals surface area contributed by atoms with Crippen molar-refractivity contribution >= 4 is 6.09 Å². The smallest absolute Gasteiger partial charge is 0.404 e. The number of nitrogens with zero attached hydrogens (tertiary/aromatic N) is 1. The molecule has 0 radical (unpaired) electrons. The van der Waals surface area contributed by atoms with E-state index in [0.717, 1.165) is 38.5 Å². The number of nitrogens with one attached hydrogen (secondary N) is 1. The van der Waals surface area contributed by atoms with Crippen LogP contribution in [-0.4, -0.2) is 22.2 Å². The molecule has 1 heterocycles. The molecule has 100 valence electrons. The van der Waals surface area contributed by atoms with E-state index in [-0.39, 0.29) is 6.04 Å². The first-order valence-electron chi connectivity index (χ1n) is 6.60. The fourth-order valence-corrected chi connectivity index (χ4v) is 2.01. The van der Waals surface area contributed by atoms with Gasteiger partial charge in [0.2, 0.25) is 0 Å². The second-order valence-electron chi connectivity index (χ2n) is 4.54. The van der Waals surface area contributed by atoms with Crippen LogP contribution in [0.3, 0.4) is 0 Å². The Morgan fingerprint density at radius 3 is 2.83 bits per heavy atom. The summed E-state index contributed by atoms with van der Waals surface area (Å²) in [6.07, 6.45) is 8.64. The van der Waals surface area contributed by atoms with Crippen LogP contribution in [0.5, 0.6) is 0 Å². The minimum Gasteiger partial charge on any atom is -0.465 e. The first-order valence-corrected chi connectivity index (χ1v) is 6.60. The van der Waals surface area contributed by atoms with Crippen LogP contribution in [0.1, 0.15) is 44.6 Å². The van der Waals surface area contributed by atoms with E-state index in [1.54, 1.807) is 6.20 Å². The van der Waals surface area contributed by atoms with Crippen molar-refractivity contribution in [2.75, 3.05) is 0 Å². The first-order chi connectivity index (χ1) is 8.72. The lowest BCUT2D eigenvalue weighted by molar-refractivity contribution is 0.188. The lowest BCUT2D eigenvalue weighted by Gasteiger charge is -2.16. The lowest BCUT2D eigenvalue weighted by Crippen LogP contribution is -2.33. The predicted molar refractivity (Wildman–Crippen MR) is 71.6 cm³/mol. The molecule has 18 heavy (non-hydrogen) atoms. The van der Waals surface area contributed by atoms with Crippen LogP contribution in [-0.2, 0) is 6.42 Å². The Hall–Kier alpha value is -1.58. The molecule has 0 aliphatic heterocycles. The van der Waals surface area contributed by atoms with E-state index in [2.05, 4.69) is 23.3 Å². The van der Waals surface area contributed by atoms with Gasteiger partial charge in [0.05, 0.1) is 0 Å². The van der Waals surface area contributed by atoms with Crippen molar-refractivity contribution in [3.8, 4) is 0 Å². The Morgan fingerprint density at radius 2 is 2.22 bits per heavy atom. The molecule has 0 fully saturated rings. The summed E-state index contributed by atoms with van der Waals surface area (Å²) in [4.78, 5) is 14.8. The Balaban J connectivity index is 2.30. The van der Waals surface area contributed by atoms with Crippen molar-refractivity contribution in [2.45, 2.75) is 51.5 Å². The number of hydrogen-bond donors (Lipinski definition) is 2. The number of rotatable bonds is 8. The summed E-state index contributed by atoms with van der Waals surface area (Å²) in [6.45, 7) is 2.12. The summed E-state index contributed by atoms with van der Waals surface area (Å²) in [5.41, 5.74) is 1.21. The van der Waals surface area contributed by atoms with E-state index in [9.17, 15) is 4.79 Å². The molecule has 0 saturated heterocycles. The molecule has 0 aromatic carbocycles. The molecule has 0 bridgehead atoms. The number of carboxylic acid groups (broad SMARTS) is 1. The fourth-order valence-electron chi connectivity index (χ4n) is 2.01. The van der Waals surface area contributed by atoms with Gasteiger partial charge in [-0.05, 0) is 37.3 Å². The summed E-state index contributed by atoms with van der Waals surface area (Å²) in [7, 11) is 0. The summed E-state index contributed by atoms with van der Waals surface area (Å²) in [5, 5.41) is 11.4. The zero-order valence-electron chi connectivity index (χ0n) is 10.9. The van der Waals surface area contributed by atoms with E-state index < -0.39 is 6.09 Å². The highest BCUT2D eigenvalue weighted by Crippen LogP contribution is 2.10.